The number of H-pyrrole nitrogens is 1. The lowest BCUT2D eigenvalue weighted by atomic mass is 10.2. The van der Waals surface area contributed by atoms with Crippen LogP contribution in [0.4, 0.5) is 5.69 Å². The van der Waals surface area contributed by atoms with E-state index in [0.29, 0.717) is 17.9 Å². The number of carbonyl (C=O) groups is 1. The van der Waals surface area contributed by atoms with Crippen molar-refractivity contribution in [3.8, 4) is 0 Å². The van der Waals surface area contributed by atoms with E-state index in [0.717, 1.165) is 22.2 Å². The molecule has 2 aromatic carbocycles. The number of anilines is 1. The molecule has 4 rings (SSSR count). The highest BCUT2D eigenvalue weighted by Gasteiger charge is 2.17. The van der Waals surface area contributed by atoms with Gasteiger partial charge in [-0.3, -0.25) is 9.89 Å². The summed E-state index contributed by atoms with van der Waals surface area (Å²) >= 11 is 0. The maximum Gasteiger partial charge on any atom is 0.278 e. The van der Waals surface area contributed by atoms with Gasteiger partial charge in [0.05, 0.1) is 29.6 Å². The minimum Gasteiger partial charge on any atom is -0.319 e. The van der Waals surface area contributed by atoms with E-state index in [1.807, 2.05) is 55.5 Å². The third kappa shape index (κ3) is 2.87. The Morgan fingerprint density at radius 1 is 1.16 bits per heavy atom. The second kappa shape index (κ2) is 6.20. The van der Waals surface area contributed by atoms with Gasteiger partial charge in [0, 0.05) is 5.39 Å². The molecule has 1 amide bonds. The average Bonchev–Trinajstić information content (AvgIpc) is 3.24. The third-order valence-electron chi connectivity index (χ3n) is 4.10. The van der Waals surface area contributed by atoms with E-state index < -0.39 is 0 Å². The monoisotopic (exact) mass is 332 g/mol. The van der Waals surface area contributed by atoms with Crippen molar-refractivity contribution in [3.63, 3.8) is 0 Å². The Kier molecular flexibility index (Phi) is 3.74. The highest BCUT2D eigenvalue weighted by molar-refractivity contribution is 6.07. The van der Waals surface area contributed by atoms with Crippen LogP contribution in [-0.4, -0.2) is 31.1 Å². The van der Waals surface area contributed by atoms with Gasteiger partial charge in [0.2, 0.25) is 0 Å². The molecule has 4 aromatic rings. The molecule has 0 bridgehead atoms. The zero-order valence-corrected chi connectivity index (χ0v) is 13.6. The van der Waals surface area contributed by atoms with E-state index in [1.165, 1.54) is 0 Å². The van der Waals surface area contributed by atoms with Crippen LogP contribution >= 0.6 is 0 Å². The summed E-state index contributed by atoms with van der Waals surface area (Å²) in [4.78, 5) is 12.6. The fraction of sp³-hybridized carbons (Fsp3) is 0.111. The molecular weight excluding hydrogens is 316 g/mol. The Hall–Kier alpha value is -3.48. The zero-order chi connectivity index (χ0) is 17.2. The first-order valence-electron chi connectivity index (χ1n) is 7.90. The number of rotatable bonds is 4. The van der Waals surface area contributed by atoms with E-state index in [4.69, 9.17) is 0 Å². The number of benzene rings is 2. The molecule has 2 aromatic heterocycles. The molecule has 0 spiro atoms. The number of nitrogens with zero attached hydrogens (tertiary/aromatic N) is 4. The summed E-state index contributed by atoms with van der Waals surface area (Å²) in [7, 11) is 0. The number of para-hydroxylation sites is 1. The number of amides is 1. The van der Waals surface area contributed by atoms with Gasteiger partial charge in [-0.25, -0.2) is 4.68 Å². The van der Waals surface area contributed by atoms with Gasteiger partial charge in [0.25, 0.3) is 5.91 Å². The molecule has 2 heterocycles. The van der Waals surface area contributed by atoms with Crippen molar-refractivity contribution in [1.29, 1.82) is 0 Å². The van der Waals surface area contributed by atoms with Crippen LogP contribution in [0.5, 0.6) is 0 Å². The molecule has 0 saturated heterocycles. The van der Waals surface area contributed by atoms with Crippen molar-refractivity contribution in [3.05, 3.63) is 71.7 Å². The first-order valence-corrected chi connectivity index (χ1v) is 7.90. The number of hydrogen-bond acceptors (Lipinski definition) is 4. The normalized spacial score (nSPS) is 10.9. The Balaban J connectivity index is 1.58. The van der Waals surface area contributed by atoms with Gasteiger partial charge in [-0.1, -0.05) is 47.7 Å². The number of nitrogens with one attached hydrogen (secondary N) is 2. The van der Waals surface area contributed by atoms with E-state index in [-0.39, 0.29) is 5.91 Å². The van der Waals surface area contributed by atoms with Gasteiger partial charge in [-0.15, -0.1) is 5.10 Å². The quantitative estimate of drug-likeness (QED) is 0.601. The predicted molar refractivity (Wildman–Crippen MR) is 94.3 cm³/mol. The summed E-state index contributed by atoms with van der Waals surface area (Å²) in [5.74, 6) is -0.293. The topological polar surface area (TPSA) is 88.5 Å². The smallest absolute Gasteiger partial charge is 0.278 e. The summed E-state index contributed by atoms with van der Waals surface area (Å²) in [5.41, 5.74) is 3.58. The van der Waals surface area contributed by atoms with Crippen LogP contribution in [-0.2, 0) is 6.54 Å². The molecule has 2 N–H and O–H groups in total. The summed E-state index contributed by atoms with van der Waals surface area (Å²) in [5, 5.41) is 18.9. The Labute approximate surface area is 143 Å². The van der Waals surface area contributed by atoms with Gasteiger partial charge in [-0.2, -0.15) is 5.10 Å². The molecule has 25 heavy (non-hydrogen) atoms. The predicted octanol–water partition coefficient (Wildman–Crippen LogP) is 2.76. The van der Waals surface area contributed by atoms with Crippen LogP contribution in [0.25, 0.3) is 10.9 Å². The average molecular weight is 332 g/mol. The highest BCUT2D eigenvalue weighted by atomic mass is 16.2. The van der Waals surface area contributed by atoms with Crippen molar-refractivity contribution in [2.45, 2.75) is 13.5 Å². The number of aromatic amines is 1. The second-order valence-corrected chi connectivity index (χ2v) is 5.76. The summed E-state index contributed by atoms with van der Waals surface area (Å²) in [6.45, 7) is 2.41. The Morgan fingerprint density at radius 3 is 2.84 bits per heavy atom. The molecule has 0 aliphatic heterocycles. The van der Waals surface area contributed by atoms with Crippen LogP contribution in [0.2, 0.25) is 0 Å². The van der Waals surface area contributed by atoms with Crippen LogP contribution in [0.3, 0.4) is 0 Å². The maximum atomic E-state index is 12.6. The van der Waals surface area contributed by atoms with Gasteiger partial charge in [0.15, 0.2) is 5.69 Å². The molecule has 0 fully saturated rings. The first-order chi connectivity index (χ1) is 12.2. The van der Waals surface area contributed by atoms with E-state index >= 15 is 0 Å². The van der Waals surface area contributed by atoms with Crippen molar-refractivity contribution in [2.75, 3.05) is 5.32 Å². The third-order valence-corrected chi connectivity index (χ3v) is 4.10. The lowest BCUT2D eigenvalue weighted by molar-refractivity contribution is 0.102. The SMILES string of the molecule is Cc1c(C(=O)Nc2cccc3cn[nH]c23)nnn1Cc1ccccc1. The zero-order valence-electron chi connectivity index (χ0n) is 13.6. The number of carbonyl (C=O) groups excluding carboxylic acids is 1. The van der Waals surface area contributed by atoms with Gasteiger partial charge in [0.1, 0.15) is 0 Å². The molecule has 7 nitrogen and oxygen atoms in total. The fourth-order valence-electron chi connectivity index (χ4n) is 2.73. The minimum atomic E-state index is -0.293. The highest BCUT2D eigenvalue weighted by Crippen LogP contribution is 2.21. The number of aromatic nitrogens is 5. The van der Waals surface area contributed by atoms with E-state index in [2.05, 4.69) is 25.8 Å². The van der Waals surface area contributed by atoms with Gasteiger partial charge >= 0.3 is 0 Å². The van der Waals surface area contributed by atoms with Crippen LogP contribution in [0.15, 0.2) is 54.7 Å². The Bertz CT molecular complexity index is 1030. The van der Waals surface area contributed by atoms with E-state index in [9.17, 15) is 4.79 Å². The van der Waals surface area contributed by atoms with Gasteiger partial charge in [-0.05, 0) is 18.6 Å². The summed E-state index contributed by atoms with van der Waals surface area (Å²) in [6, 6.07) is 15.6. The van der Waals surface area contributed by atoms with Crippen molar-refractivity contribution in [2.24, 2.45) is 0 Å². The Morgan fingerprint density at radius 2 is 2.00 bits per heavy atom. The second-order valence-electron chi connectivity index (χ2n) is 5.76. The molecule has 7 heteroatoms. The molecule has 0 unspecified atom stereocenters. The molecular formula is C18H16N6O. The fourth-order valence-corrected chi connectivity index (χ4v) is 2.73. The minimum absolute atomic E-state index is 0.293. The summed E-state index contributed by atoms with van der Waals surface area (Å²) in [6.07, 6.45) is 1.71. The molecule has 124 valence electrons. The molecule has 0 atom stereocenters. The van der Waals surface area contributed by atoms with E-state index in [1.54, 1.807) is 10.9 Å². The van der Waals surface area contributed by atoms with Crippen molar-refractivity contribution >= 4 is 22.5 Å². The van der Waals surface area contributed by atoms with Crippen molar-refractivity contribution in [1.82, 2.24) is 25.2 Å². The first kappa shape index (κ1) is 15.1. The lowest BCUT2D eigenvalue weighted by Gasteiger charge is -2.06. The number of hydrogen-bond donors (Lipinski definition) is 2. The largest absolute Gasteiger partial charge is 0.319 e. The molecule has 0 radical (unpaired) electrons. The van der Waals surface area contributed by atoms with Crippen molar-refractivity contribution < 1.29 is 4.79 Å². The standard InChI is InChI=1S/C18H16N6O/c1-12-16(22-23-24(12)11-13-6-3-2-4-7-13)18(25)20-15-9-5-8-14-10-19-21-17(14)15/h2-10H,11H2,1H3,(H,19,21)(H,20,25). The van der Waals surface area contributed by atoms with Crippen LogP contribution < -0.4 is 5.32 Å². The molecule has 0 saturated carbocycles. The molecule has 0 aliphatic carbocycles. The maximum absolute atomic E-state index is 12.6. The summed E-state index contributed by atoms with van der Waals surface area (Å²) < 4.78 is 1.72. The molecule has 0 aliphatic rings. The number of fused-ring (bicyclic) bond motifs is 1. The van der Waals surface area contributed by atoms with Gasteiger partial charge < -0.3 is 5.32 Å². The van der Waals surface area contributed by atoms with Crippen LogP contribution in [0, 0.1) is 6.92 Å². The van der Waals surface area contributed by atoms with Crippen LogP contribution in [0.1, 0.15) is 21.7 Å². The lowest BCUT2D eigenvalue weighted by Crippen LogP contribution is -2.14.